The number of allylic oxidation sites excluding steroid dienone is 1. The van der Waals surface area contributed by atoms with Crippen LogP contribution in [0.15, 0.2) is 36.4 Å². The van der Waals surface area contributed by atoms with Gasteiger partial charge in [-0.1, -0.05) is 36.6 Å². The SMILES string of the molecule is O=C(N[C@H]1CCCCCC=C[C@@H]2C[C@@]2(C(=O)NS(=O)(=O)Nc2ccc(Cl)cc2)NC(=O)[C@@H]2CCCN2C1=O)OC1CCCC1. The number of anilines is 1. The highest BCUT2D eigenvalue weighted by Gasteiger charge is 2.61. The summed E-state index contributed by atoms with van der Waals surface area (Å²) in [6, 6.07) is 4.24. The van der Waals surface area contributed by atoms with Gasteiger partial charge in [0.2, 0.25) is 11.8 Å². The number of carbonyl (C=O) groups is 4. The maximum atomic E-state index is 13.8. The molecule has 4 N–H and O–H groups in total. The smallest absolute Gasteiger partial charge is 0.408 e. The van der Waals surface area contributed by atoms with Gasteiger partial charge in [0.05, 0.1) is 5.69 Å². The summed E-state index contributed by atoms with van der Waals surface area (Å²) in [7, 11) is -4.33. The van der Waals surface area contributed by atoms with Crippen LogP contribution in [0.1, 0.15) is 77.0 Å². The Morgan fingerprint density at radius 2 is 1.70 bits per heavy atom. The zero-order valence-corrected chi connectivity index (χ0v) is 26.1. The minimum atomic E-state index is -4.33. The molecule has 0 bridgehead atoms. The fourth-order valence-electron chi connectivity index (χ4n) is 6.34. The predicted molar refractivity (Wildman–Crippen MR) is 164 cm³/mol. The quantitative estimate of drug-likeness (QED) is 0.343. The van der Waals surface area contributed by atoms with Crippen molar-refractivity contribution >= 4 is 51.3 Å². The summed E-state index contributed by atoms with van der Waals surface area (Å²) in [6.07, 6.45) is 11.3. The molecule has 14 heteroatoms. The fourth-order valence-corrected chi connectivity index (χ4v) is 7.39. The summed E-state index contributed by atoms with van der Waals surface area (Å²) < 4.78 is 35.6. The number of benzene rings is 1. The molecule has 0 spiro atoms. The van der Waals surface area contributed by atoms with Gasteiger partial charge in [-0.15, -0.1) is 0 Å². The van der Waals surface area contributed by atoms with E-state index in [1.54, 1.807) is 0 Å². The van der Waals surface area contributed by atoms with Crippen LogP contribution in [-0.2, 0) is 29.3 Å². The van der Waals surface area contributed by atoms with Crippen molar-refractivity contribution in [2.75, 3.05) is 11.3 Å². The van der Waals surface area contributed by atoms with E-state index in [4.69, 9.17) is 16.3 Å². The van der Waals surface area contributed by atoms with Gasteiger partial charge in [-0.25, -0.2) is 9.52 Å². The Morgan fingerprint density at radius 3 is 2.45 bits per heavy atom. The van der Waals surface area contributed by atoms with E-state index in [0.717, 1.165) is 38.5 Å². The number of carbonyl (C=O) groups excluding carboxylic acids is 4. The number of nitrogens with zero attached hydrogens (tertiary/aromatic N) is 1. The van der Waals surface area contributed by atoms with E-state index in [0.29, 0.717) is 43.7 Å². The van der Waals surface area contributed by atoms with Gasteiger partial charge in [-0.3, -0.25) is 19.1 Å². The van der Waals surface area contributed by atoms with Gasteiger partial charge in [0.25, 0.3) is 5.91 Å². The Bertz CT molecular complexity index is 1380. The molecular weight excluding hydrogens is 610 g/mol. The highest BCUT2D eigenvalue weighted by Crippen LogP contribution is 2.45. The first-order chi connectivity index (χ1) is 21.1. The van der Waals surface area contributed by atoms with Crippen molar-refractivity contribution in [2.24, 2.45) is 5.92 Å². The molecule has 12 nitrogen and oxygen atoms in total. The zero-order valence-electron chi connectivity index (χ0n) is 24.6. The molecule has 0 radical (unpaired) electrons. The normalized spacial score (nSPS) is 28.1. The predicted octanol–water partition coefficient (Wildman–Crippen LogP) is 3.54. The standard InChI is InChI=1S/C30H40ClN5O7S/c31-21-14-16-22(17-15-21)34-44(41,42)35-28(39)30-19-20(30)9-4-2-1-3-5-12-24(32-29(40)43-23-10-6-7-11-23)27(38)36-18-8-13-25(36)26(37)33-30/h4,9,14-17,20,23-25,34H,1-3,5-8,10-13,18-19H2,(H,32,40)(H,33,37)(H,35,39)/t20-,24+,25+,30-/m1/s1. The van der Waals surface area contributed by atoms with Crippen LogP contribution in [0.25, 0.3) is 0 Å². The topological polar surface area (TPSA) is 163 Å². The first-order valence-corrected chi connectivity index (χ1v) is 17.3. The van der Waals surface area contributed by atoms with Crippen molar-refractivity contribution < 1.29 is 32.3 Å². The highest BCUT2D eigenvalue weighted by molar-refractivity contribution is 7.91. The van der Waals surface area contributed by atoms with Crippen LogP contribution in [0.2, 0.25) is 5.02 Å². The van der Waals surface area contributed by atoms with E-state index in [2.05, 4.69) is 20.1 Å². The van der Waals surface area contributed by atoms with Crippen LogP contribution < -0.4 is 20.1 Å². The van der Waals surface area contributed by atoms with Gasteiger partial charge in [0.15, 0.2) is 0 Å². The largest absolute Gasteiger partial charge is 0.446 e. The molecule has 44 heavy (non-hydrogen) atoms. The number of hydrogen-bond acceptors (Lipinski definition) is 7. The molecule has 2 aliphatic heterocycles. The Labute approximate surface area is 262 Å². The van der Waals surface area contributed by atoms with E-state index >= 15 is 0 Å². The van der Waals surface area contributed by atoms with E-state index in [1.807, 2.05) is 12.2 Å². The van der Waals surface area contributed by atoms with Crippen LogP contribution in [0, 0.1) is 5.92 Å². The van der Waals surface area contributed by atoms with Crippen molar-refractivity contribution in [2.45, 2.75) is 101 Å². The third-order valence-corrected chi connectivity index (χ3v) is 10.0. The summed E-state index contributed by atoms with van der Waals surface area (Å²) in [5.41, 5.74) is -1.27. The van der Waals surface area contributed by atoms with Gasteiger partial charge in [0, 0.05) is 17.5 Å². The third-order valence-electron chi connectivity index (χ3n) is 8.83. The molecule has 5 rings (SSSR count). The van der Waals surface area contributed by atoms with Gasteiger partial charge in [-0.2, -0.15) is 8.42 Å². The molecule has 4 atom stereocenters. The molecule has 4 aliphatic rings. The summed E-state index contributed by atoms with van der Waals surface area (Å²) in [5.74, 6) is -2.17. The van der Waals surface area contributed by atoms with Crippen molar-refractivity contribution in [3.05, 3.63) is 41.4 Å². The molecule has 0 aromatic heterocycles. The van der Waals surface area contributed by atoms with Gasteiger partial charge in [0.1, 0.15) is 23.7 Å². The Kier molecular flexibility index (Phi) is 10.0. The number of hydrogen-bond donors (Lipinski definition) is 4. The monoisotopic (exact) mass is 649 g/mol. The average Bonchev–Trinajstić information content (AvgIpc) is 3.31. The fraction of sp³-hybridized carbons (Fsp3) is 0.600. The van der Waals surface area contributed by atoms with Gasteiger partial charge in [-0.05, 0) is 88.5 Å². The second-order valence-electron chi connectivity index (χ2n) is 12.1. The number of halogens is 1. The maximum absolute atomic E-state index is 13.8. The van der Waals surface area contributed by atoms with Gasteiger partial charge < -0.3 is 20.3 Å². The number of rotatable bonds is 6. The van der Waals surface area contributed by atoms with Crippen LogP contribution in [0.3, 0.4) is 0 Å². The summed E-state index contributed by atoms with van der Waals surface area (Å²) in [4.78, 5) is 55.1. The van der Waals surface area contributed by atoms with Gasteiger partial charge >= 0.3 is 16.3 Å². The molecule has 240 valence electrons. The van der Waals surface area contributed by atoms with Crippen LogP contribution >= 0.6 is 11.6 Å². The van der Waals surface area contributed by atoms with Crippen molar-refractivity contribution in [3.63, 3.8) is 0 Å². The van der Waals surface area contributed by atoms with Crippen LogP contribution in [0.4, 0.5) is 10.5 Å². The lowest BCUT2D eigenvalue weighted by molar-refractivity contribution is -0.141. The number of amides is 4. The molecule has 1 aromatic rings. The Morgan fingerprint density at radius 1 is 0.977 bits per heavy atom. The molecule has 4 amide bonds. The lowest BCUT2D eigenvalue weighted by Crippen LogP contribution is -2.58. The van der Waals surface area contributed by atoms with E-state index in [9.17, 15) is 27.6 Å². The lowest BCUT2D eigenvalue weighted by Gasteiger charge is -2.30. The highest BCUT2D eigenvalue weighted by atomic mass is 35.5. The number of fused-ring (bicyclic) bond motifs is 2. The van der Waals surface area contributed by atoms with E-state index in [1.165, 1.54) is 29.2 Å². The molecule has 2 saturated carbocycles. The zero-order chi connectivity index (χ0) is 31.3. The second kappa shape index (κ2) is 13.8. The molecule has 0 unspecified atom stereocenters. The maximum Gasteiger partial charge on any atom is 0.408 e. The first kappa shape index (κ1) is 32.1. The summed E-state index contributed by atoms with van der Waals surface area (Å²) in [5, 5.41) is 6.00. The minimum Gasteiger partial charge on any atom is -0.446 e. The van der Waals surface area contributed by atoms with Crippen LogP contribution in [-0.4, -0.2) is 67.4 Å². The van der Waals surface area contributed by atoms with Crippen molar-refractivity contribution in [1.82, 2.24) is 20.3 Å². The molecule has 2 aliphatic carbocycles. The van der Waals surface area contributed by atoms with Crippen LogP contribution in [0.5, 0.6) is 0 Å². The molecule has 1 aromatic carbocycles. The van der Waals surface area contributed by atoms with Crippen molar-refractivity contribution in [3.8, 4) is 0 Å². The van der Waals surface area contributed by atoms with E-state index < -0.39 is 51.7 Å². The Hall–Kier alpha value is -3.32. The number of nitrogens with one attached hydrogen (secondary N) is 4. The van der Waals surface area contributed by atoms with Crippen molar-refractivity contribution in [1.29, 1.82) is 0 Å². The number of alkyl carbamates (subject to hydrolysis) is 1. The first-order valence-electron chi connectivity index (χ1n) is 15.4. The molecular formula is C30H40ClN5O7S. The second-order valence-corrected chi connectivity index (χ2v) is 13.9. The average molecular weight is 650 g/mol. The lowest BCUT2D eigenvalue weighted by atomic mass is 10.1. The molecule has 2 heterocycles. The molecule has 3 fully saturated rings. The minimum absolute atomic E-state index is 0.150. The third kappa shape index (κ3) is 7.84. The molecule has 1 saturated heterocycles. The number of ether oxygens (including phenoxy) is 1. The summed E-state index contributed by atoms with van der Waals surface area (Å²) in [6.45, 7) is 0.328. The van der Waals surface area contributed by atoms with E-state index in [-0.39, 0.29) is 24.1 Å². The summed E-state index contributed by atoms with van der Waals surface area (Å²) >= 11 is 5.88. The Balaban J connectivity index is 1.31.